The van der Waals surface area contributed by atoms with Crippen LogP contribution in [0.1, 0.15) is 13.8 Å². The lowest BCUT2D eigenvalue weighted by molar-refractivity contribution is -0.141. The molecule has 0 rings (SSSR count). The number of ether oxygens (including phenoxy) is 2. The number of esters is 2. The van der Waals surface area contributed by atoms with Crippen LogP contribution in [0.2, 0.25) is 0 Å². The first-order valence-electron chi connectivity index (χ1n) is 5.28. The number of carbonyl (C=O) groups is 2. The molecule has 0 aliphatic carbocycles. The lowest BCUT2D eigenvalue weighted by Crippen LogP contribution is -2.13. The summed E-state index contributed by atoms with van der Waals surface area (Å²) in [6.45, 7) is 9.51. The molecular formula is C12H20O6. The van der Waals surface area contributed by atoms with E-state index in [1.807, 2.05) is 0 Å². The minimum atomic E-state index is -0.603. The van der Waals surface area contributed by atoms with Gasteiger partial charge in [-0.1, -0.05) is 13.2 Å². The van der Waals surface area contributed by atoms with E-state index in [2.05, 4.69) is 22.6 Å². The highest BCUT2D eigenvalue weighted by Crippen LogP contribution is 1.84. The van der Waals surface area contributed by atoms with Crippen molar-refractivity contribution in [1.29, 1.82) is 0 Å². The third-order valence-corrected chi connectivity index (χ3v) is 1.27. The molecule has 2 atom stereocenters. The van der Waals surface area contributed by atoms with E-state index in [9.17, 15) is 9.59 Å². The smallest absolute Gasteiger partial charge is 0.330 e. The van der Waals surface area contributed by atoms with Gasteiger partial charge < -0.3 is 19.7 Å². The minimum Gasteiger partial charge on any atom is -0.460 e. The van der Waals surface area contributed by atoms with Crippen LogP contribution in [0.25, 0.3) is 0 Å². The maximum absolute atomic E-state index is 10.3. The molecule has 0 aromatic carbocycles. The molecule has 0 aliphatic heterocycles. The maximum Gasteiger partial charge on any atom is 0.330 e. The quantitative estimate of drug-likeness (QED) is 0.523. The Morgan fingerprint density at radius 1 is 1.00 bits per heavy atom. The summed E-state index contributed by atoms with van der Waals surface area (Å²) < 4.78 is 8.89. The molecule has 0 aliphatic rings. The SMILES string of the molecule is C=CC(=O)OCC(C)O.C=CC(=O)OCC(C)O. The minimum absolute atomic E-state index is 0.0326. The van der Waals surface area contributed by atoms with Crippen LogP contribution in [0.3, 0.4) is 0 Å². The zero-order chi connectivity index (χ0) is 14.6. The Kier molecular flexibility index (Phi) is 12.3. The van der Waals surface area contributed by atoms with Gasteiger partial charge in [0.25, 0.3) is 0 Å². The summed E-state index contributed by atoms with van der Waals surface area (Å²) in [6.07, 6.45) is 0.910. The highest BCUT2D eigenvalue weighted by molar-refractivity contribution is 5.81. The van der Waals surface area contributed by atoms with Gasteiger partial charge in [-0.2, -0.15) is 0 Å². The van der Waals surface area contributed by atoms with Gasteiger partial charge in [-0.15, -0.1) is 0 Å². The first-order chi connectivity index (χ1) is 8.33. The molecule has 0 bridgehead atoms. The van der Waals surface area contributed by atoms with Crippen molar-refractivity contribution in [2.75, 3.05) is 13.2 Å². The fraction of sp³-hybridized carbons (Fsp3) is 0.500. The monoisotopic (exact) mass is 260 g/mol. The molecule has 0 aromatic rings. The topological polar surface area (TPSA) is 93.1 Å². The van der Waals surface area contributed by atoms with Crippen molar-refractivity contribution >= 4 is 11.9 Å². The fourth-order valence-electron chi connectivity index (χ4n) is 0.523. The van der Waals surface area contributed by atoms with E-state index in [-0.39, 0.29) is 13.2 Å². The van der Waals surface area contributed by atoms with E-state index < -0.39 is 24.1 Å². The van der Waals surface area contributed by atoms with Crippen LogP contribution < -0.4 is 0 Å². The molecule has 2 unspecified atom stereocenters. The van der Waals surface area contributed by atoms with Crippen molar-refractivity contribution < 1.29 is 29.3 Å². The van der Waals surface area contributed by atoms with E-state index >= 15 is 0 Å². The van der Waals surface area contributed by atoms with Gasteiger partial charge in [0.1, 0.15) is 13.2 Å². The average Bonchev–Trinajstić information content (AvgIpc) is 2.33. The van der Waals surface area contributed by atoms with Crippen molar-refractivity contribution in [3.8, 4) is 0 Å². The predicted molar refractivity (Wildman–Crippen MR) is 65.7 cm³/mol. The summed E-state index contributed by atoms with van der Waals surface area (Å²) in [6, 6.07) is 0. The number of aliphatic hydroxyl groups excluding tert-OH is 2. The molecule has 0 spiro atoms. The second-order valence-corrected chi connectivity index (χ2v) is 3.37. The molecular weight excluding hydrogens is 240 g/mol. The lowest BCUT2D eigenvalue weighted by Gasteiger charge is -2.02. The highest BCUT2D eigenvalue weighted by Gasteiger charge is 1.98. The van der Waals surface area contributed by atoms with Gasteiger partial charge in [0.05, 0.1) is 12.2 Å². The van der Waals surface area contributed by atoms with Crippen LogP contribution in [-0.4, -0.2) is 47.6 Å². The molecule has 0 aromatic heterocycles. The zero-order valence-electron chi connectivity index (χ0n) is 10.7. The van der Waals surface area contributed by atoms with E-state index in [1.165, 1.54) is 13.8 Å². The van der Waals surface area contributed by atoms with Crippen LogP contribution in [0, 0.1) is 0 Å². The number of carbonyl (C=O) groups excluding carboxylic acids is 2. The molecule has 0 saturated carbocycles. The molecule has 6 heteroatoms. The van der Waals surface area contributed by atoms with E-state index in [0.29, 0.717) is 0 Å². The van der Waals surface area contributed by atoms with Crippen molar-refractivity contribution in [3.05, 3.63) is 25.3 Å². The van der Waals surface area contributed by atoms with Gasteiger partial charge >= 0.3 is 11.9 Å². The van der Waals surface area contributed by atoms with E-state index in [1.54, 1.807) is 0 Å². The summed E-state index contributed by atoms with van der Waals surface area (Å²) in [5, 5.41) is 17.2. The zero-order valence-corrected chi connectivity index (χ0v) is 10.7. The van der Waals surface area contributed by atoms with Crippen LogP contribution in [0.4, 0.5) is 0 Å². The Labute approximate surface area is 107 Å². The van der Waals surface area contributed by atoms with Gasteiger partial charge in [0.2, 0.25) is 0 Å². The van der Waals surface area contributed by atoms with Crippen molar-refractivity contribution in [1.82, 2.24) is 0 Å². The molecule has 0 heterocycles. The van der Waals surface area contributed by atoms with Crippen molar-refractivity contribution in [3.63, 3.8) is 0 Å². The largest absolute Gasteiger partial charge is 0.460 e. The second kappa shape index (κ2) is 11.8. The highest BCUT2D eigenvalue weighted by atomic mass is 16.5. The third kappa shape index (κ3) is 16.8. The Hall–Kier alpha value is -1.66. The van der Waals surface area contributed by atoms with Gasteiger partial charge in [0.15, 0.2) is 0 Å². The summed E-state index contributed by atoms with van der Waals surface area (Å²) in [5.74, 6) is -1.01. The van der Waals surface area contributed by atoms with Crippen LogP contribution in [0.15, 0.2) is 25.3 Å². The Balaban J connectivity index is 0. The first kappa shape index (κ1) is 18.7. The molecule has 0 fully saturated rings. The number of hydrogen-bond donors (Lipinski definition) is 2. The molecule has 0 saturated heterocycles. The number of hydrogen-bond acceptors (Lipinski definition) is 6. The van der Waals surface area contributed by atoms with Crippen LogP contribution in [0.5, 0.6) is 0 Å². The molecule has 18 heavy (non-hydrogen) atoms. The van der Waals surface area contributed by atoms with Gasteiger partial charge in [0, 0.05) is 12.2 Å². The molecule has 104 valence electrons. The molecule has 0 amide bonds. The molecule has 0 radical (unpaired) electrons. The third-order valence-electron chi connectivity index (χ3n) is 1.27. The average molecular weight is 260 g/mol. The Bertz CT molecular complexity index is 242. The van der Waals surface area contributed by atoms with Crippen molar-refractivity contribution in [2.45, 2.75) is 26.1 Å². The molecule has 2 N–H and O–H groups in total. The number of aliphatic hydroxyl groups is 2. The van der Waals surface area contributed by atoms with E-state index in [4.69, 9.17) is 10.2 Å². The van der Waals surface area contributed by atoms with Crippen molar-refractivity contribution in [2.24, 2.45) is 0 Å². The summed E-state index contributed by atoms with van der Waals surface area (Å²) in [4.78, 5) is 20.5. The van der Waals surface area contributed by atoms with Gasteiger partial charge in [-0.3, -0.25) is 0 Å². The standard InChI is InChI=1S/2C6H10O3/c2*1-3-6(8)9-4-5(2)7/h2*3,5,7H,1,4H2,2H3. The fourth-order valence-corrected chi connectivity index (χ4v) is 0.523. The summed E-state index contributed by atoms with van der Waals surface area (Å²) in [7, 11) is 0. The summed E-state index contributed by atoms with van der Waals surface area (Å²) >= 11 is 0. The molecule has 6 nitrogen and oxygen atoms in total. The first-order valence-corrected chi connectivity index (χ1v) is 5.28. The lowest BCUT2D eigenvalue weighted by atomic mass is 10.4. The second-order valence-electron chi connectivity index (χ2n) is 3.37. The van der Waals surface area contributed by atoms with E-state index in [0.717, 1.165) is 12.2 Å². The van der Waals surface area contributed by atoms with Crippen LogP contribution in [-0.2, 0) is 19.1 Å². The predicted octanol–water partition coefficient (Wildman–Crippen LogP) is 0.193. The maximum atomic E-state index is 10.3. The Morgan fingerprint density at radius 2 is 1.28 bits per heavy atom. The summed E-state index contributed by atoms with van der Waals surface area (Å²) in [5.41, 5.74) is 0. The van der Waals surface area contributed by atoms with Crippen LogP contribution >= 0.6 is 0 Å². The number of rotatable bonds is 6. The normalized spacial score (nSPS) is 12.2. The Morgan fingerprint density at radius 3 is 1.44 bits per heavy atom. The van der Waals surface area contributed by atoms with Gasteiger partial charge in [-0.05, 0) is 13.8 Å². The van der Waals surface area contributed by atoms with Gasteiger partial charge in [-0.25, -0.2) is 9.59 Å².